The van der Waals surface area contributed by atoms with Gasteiger partial charge in [-0.1, -0.05) is 29.5 Å². The maximum Gasteiger partial charge on any atom is 0.416 e. The molecule has 0 unspecified atom stereocenters. The van der Waals surface area contributed by atoms with E-state index in [2.05, 4.69) is 21.9 Å². The van der Waals surface area contributed by atoms with E-state index in [0.29, 0.717) is 0 Å². The lowest BCUT2D eigenvalue weighted by atomic mass is 10.1. The molecule has 0 heterocycles. The molecule has 0 aliphatic carbocycles. The van der Waals surface area contributed by atoms with E-state index < -0.39 is 27.7 Å². The number of hydrogen-bond acceptors (Lipinski definition) is 3. The highest BCUT2D eigenvalue weighted by atomic mass is 32.2. The van der Waals surface area contributed by atoms with Crippen LogP contribution >= 0.6 is 0 Å². The number of alkyl halides is 3. The zero-order chi connectivity index (χ0) is 20.9. The minimum atomic E-state index is -4.46. The largest absolute Gasteiger partial charge is 0.416 e. The Morgan fingerprint density at radius 2 is 1.86 bits per heavy atom. The van der Waals surface area contributed by atoms with Crippen molar-refractivity contribution >= 4 is 21.6 Å². The van der Waals surface area contributed by atoms with Gasteiger partial charge in [0.15, 0.2) is 0 Å². The summed E-state index contributed by atoms with van der Waals surface area (Å²) in [4.78, 5) is 12.3. The Bertz CT molecular complexity index is 1050. The van der Waals surface area contributed by atoms with E-state index in [1.165, 1.54) is 24.3 Å². The van der Waals surface area contributed by atoms with Gasteiger partial charge in [0.2, 0.25) is 10.0 Å². The number of rotatable bonds is 4. The maximum atomic E-state index is 12.7. The summed E-state index contributed by atoms with van der Waals surface area (Å²) in [5.41, 5.74) is 0.348. The third-order valence-corrected chi connectivity index (χ3v) is 4.07. The minimum absolute atomic E-state index is 0.117. The van der Waals surface area contributed by atoms with Gasteiger partial charge < -0.3 is 5.32 Å². The van der Waals surface area contributed by atoms with Crippen molar-refractivity contribution < 1.29 is 26.4 Å². The molecule has 1 amide bonds. The smallest absolute Gasteiger partial charge is 0.341 e. The second kappa shape index (κ2) is 8.35. The van der Waals surface area contributed by atoms with Gasteiger partial charge in [-0.3, -0.25) is 9.52 Å². The quantitative estimate of drug-likeness (QED) is 0.761. The van der Waals surface area contributed by atoms with Crippen molar-refractivity contribution in [1.82, 2.24) is 5.32 Å². The molecule has 28 heavy (non-hydrogen) atoms. The molecule has 0 aromatic heterocycles. The van der Waals surface area contributed by atoms with Crippen molar-refractivity contribution in [1.29, 1.82) is 0 Å². The average molecular weight is 410 g/mol. The Kier molecular flexibility index (Phi) is 6.36. The highest BCUT2D eigenvalue weighted by Gasteiger charge is 2.30. The Balaban J connectivity index is 2.10. The van der Waals surface area contributed by atoms with Crippen LogP contribution in [0.1, 0.15) is 27.0 Å². The first-order chi connectivity index (χ1) is 13.0. The van der Waals surface area contributed by atoms with Crippen molar-refractivity contribution in [2.75, 3.05) is 17.5 Å². The van der Waals surface area contributed by atoms with Crippen molar-refractivity contribution in [3.63, 3.8) is 0 Å². The number of hydrogen-bond donors (Lipinski definition) is 2. The van der Waals surface area contributed by atoms with Gasteiger partial charge in [0.25, 0.3) is 5.91 Å². The Labute approximate surface area is 161 Å². The summed E-state index contributed by atoms with van der Waals surface area (Å²) in [6.07, 6.45) is -3.49. The fourth-order valence-electron chi connectivity index (χ4n) is 2.27. The predicted molar refractivity (Wildman–Crippen MR) is 100 cm³/mol. The molecule has 0 radical (unpaired) electrons. The van der Waals surface area contributed by atoms with Crippen LogP contribution < -0.4 is 10.0 Å². The average Bonchev–Trinajstić information content (AvgIpc) is 2.58. The van der Waals surface area contributed by atoms with Crippen LogP contribution in [-0.2, 0) is 16.2 Å². The van der Waals surface area contributed by atoms with E-state index in [-0.39, 0.29) is 23.4 Å². The van der Waals surface area contributed by atoms with E-state index in [1.807, 2.05) is 0 Å². The van der Waals surface area contributed by atoms with Crippen LogP contribution in [0.4, 0.5) is 18.9 Å². The predicted octanol–water partition coefficient (Wildman–Crippen LogP) is 3.17. The first kappa shape index (κ1) is 21.3. The molecule has 0 atom stereocenters. The minimum Gasteiger partial charge on any atom is -0.341 e. The van der Waals surface area contributed by atoms with Crippen LogP contribution in [0, 0.1) is 18.8 Å². The van der Waals surface area contributed by atoms with E-state index in [1.54, 1.807) is 13.0 Å². The van der Waals surface area contributed by atoms with Crippen molar-refractivity contribution in [3.05, 3.63) is 64.7 Å². The summed E-state index contributed by atoms with van der Waals surface area (Å²) in [7, 11) is -3.57. The second-order valence-corrected chi connectivity index (χ2v) is 7.73. The van der Waals surface area contributed by atoms with Gasteiger partial charge in [-0.05, 0) is 37.3 Å². The van der Waals surface area contributed by atoms with Gasteiger partial charge in [-0.25, -0.2) is 8.42 Å². The van der Waals surface area contributed by atoms with E-state index >= 15 is 0 Å². The highest BCUT2D eigenvalue weighted by Crippen LogP contribution is 2.29. The maximum absolute atomic E-state index is 12.7. The summed E-state index contributed by atoms with van der Waals surface area (Å²) in [6.45, 7) is 1.62. The van der Waals surface area contributed by atoms with Gasteiger partial charge in [-0.15, -0.1) is 0 Å². The SMILES string of the molecule is Cc1ccc(NS(C)(=O)=O)c(C(=O)NCC#Cc2cccc(C(F)(F)F)c2)c1. The Morgan fingerprint density at radius 3 is 2.50 bits per heavy atom. The number of aryl methyl sites for hydroxylation is 1. The Morgan fingerprint density at radius 1 is 1.14 bits per heavy atom. The summed E-state index contributed by atoms with van der Waals surface area (Å²) >= 11 is 0. The highest BCUT2D eigenvalue weighted by molar-refractivity contribution is 7.92. The lowest BCUT2D eigenvalue weighted by Gasteiger charge is -2.11. The number of halogens is 3. The zero-order valence-corrected chi connectivity index (χ0v) is 15.8. The molecule has 0 fully saturated rings. The standard InChI is InChI=1S/C19H17F3N2O3S/c1-13-8-9-17(24-28(2,26)27)16(11-13)18(25)23-10-4-6-14-5-3-7-15(12-14)19(20,21)22/h3,5,7-9,11-12,24H,10H2,1-2H3,(H,23,25). The third-order valence-electron chi connectivity index (χ3n) is 3.48. The first-order valence-electron chi connectivity index (χ1n) is 7.98. The monoisotopic (exact) mass is 410 g/mol. The van der Waals surface area contributed by atoms with Gasteiger partial charge in [-0.2, -0.15) is 13.2 Å². The number of anilines is 1. The summed E-state index contributed by atoms with van der Waals surface area (Å²) in [5, 5.41) is 2.50. The first-order valence-corrected chi connectivity index (χ1v) is 9.87. The summed E-state index contributed by atoms with van der Waals surface area (Å²) < 4.78 is 63.2. The van der Waals surface area contributed by atoms with E-state index in [0.717, 1.165) is 24.0 Å². The van der Waals surface area contributed by atoms with Crippen LogP contribution in [0.15, 0.2) is 42.5 Å². The molecule has 0 aliphatic heterocycles. The molecule has 0 saturated heterocycles. The second-order valence-electron chi connectivity index (χ2n) is 5.99. The molecule has 2 aromatic carbocycles. The molecule has 2 rings (SSSR count). The summed E-state index contributed by atoms with van der Waals surface area (Å²) in [5.74, 6) is 4.57. The molecule has 0 aliphatic rings. The number of carbonyl (C=O) groups is 1. The molecule has 0 spiro atoms. The molecule has 5 nitrogen and oxygen atoms in total. The summed E-state index contributed by atoms with van der Waals surface area (Å²) in [6, 6.07) is 9.19. The van der Waals surface area contributed by atoms with Gasteiger partial charge in [0, 0.05) is 5.56 Å². The van der Waals surface area contributed by atoms with Gasteiger partial charge >= 0.3 is 6.18 Å². The zero-order valence-electron chi connectivity index (χ0n) is 15.0. The molecule has 0 bridgehead atoms. The van der Waals surface area contributed by atoms with E-state index in [4.69, 9.17) is 0 Å². The molecule has 148 valence electrons. The van der Waals surface area contributed by atoms with Gasteiger partial charge in [0.1, 0.15) is 0 Å². The number of carbonyl (C=O) groups excluding carboxylic acids is 1. The lowest BCUT2D eigenvalue weighted by molar-refractivity contribution is -0.137. The molecule has 9 heteroatoms. The van der Waals surface area contributed by atoms with Crippen molar-refractivity contribution in [2.45, 2.75) is 13.1 Å². The fourth-order valence-corrected chi connectivity index (χ4v) is 2.85. The number of benzene rings is 2. The molecular weight excluding hydrogens is 393 g/mol. The molecule has 2 N–H and O–H groups in total. The number of sulfonamides is 1. The molecule has 0 saturated carbocycles. The number of amides is 1. The normalized spacial score (nSPS) is 11.3. The third kappa shape index (κ3) is 6.32. The fraction of sp³-hybridized carbons (Fsp3) is 0.211. The number of nitrogens with one attached hydrogen (secondary N) is 2. The van der Waals surface area contributed by atoms with Crippen LogP contribution in [0.2, 0.25) is 0 Å². The van der Waals surface area contributed by atoms with E-state index in [9.17, 15) is 26.4 Å². The van der Waals surface area contributed by atoms with Crippen molar-refractivity contribution in [2.24, 2.45) is 0 Å². The molecular formula is C19H17F3N2O3S. The topological polar surface area (TPSA) is 75.3 Å². The van der Waals surface area contributed by atoms with Crippen molar-refractivity contribution in [3.8, 4) is 11.8 Å². The lowest BCUT2D eigenvalue weighted by Crippen LogP contribution is -2.25. The van der Waals surface area contributed by atoms with Gasteiger partial charge in [0.05, 0.1) is 29.6 Å². The molecule has 2 aromatic rings. The van der Waals surface area contributed by atoms with Crippen LogP contribution in [0.3, 0.4) is 0 Å². The van der Waals surface area contributed by atoms with Crippen LogP contribution in [-0.4, -0.2) is 27.1 Å². The van der Waals surface area contributed by atoms with Crippen LogP contribution in [0.25, 0.3) is 0 Å². The van der Waals surface area contributed by atoms with Crippen LogP contribution in [0.5, 0.6) is 0 Å². The Hall–Kier alpha value is -2.99.